The summed E-state index contributed by atoms with van der Waals surface area (Å²) in [5, 5.41) is 10.4. The Kier molecular flexibility index (Phi) is 3.74. The number of hydrogen-bond acceptors (Lipinski definition) is 4. The highest BCUT2D eigenvalue weighted by Crippen LogP contribution is 2.47. The molecular weight excluding hydrogens is 320 g/mol. The van der Waals surface area contributed by atoms with Crippen molar-refractivity contribution in [1.82, 2.24) is 0 Å². The lowest BCUT2D eigenvalue weighted by Gasteiger charge is -2.21. The predicted octanol–water partition coefficient (Wildman–Crippen LogP) is 2.91. The zero-order chi connectivity index (χ0) is 15.9. The van der Waals surface area contributed by atoms with Crippen LogP contribution in [-0.2, 0) is 16.1 Å². The molecule has 0 aliphatic rings. The van der Waals surface area contributed by atoms with Gasteiger partial charge in [0.05, 0.1) is 10.5 Å². The summed E-state index contributed by atoms with van der Waals surface area (Å²) in [7, 11) is -6.17. The maximum Gasteiger partial charge on any atom is 0.458 e. The van der Waals surface area contributed by atoms with Crippen LogP contribution < -0.4 is 0 Å². The first-order valence-electron chi connectivity index (χ1n) is 4.47. The molecule has 1 aromatic rings. The van der Waals surface area contributed by atoms with Crippen molar-refractivity contribution in [2.45, 2.75) is 17.0 Å². The van der Waals surface area contributed by atoms with Crippen molar-refractivity contribution in [2.24, 2.45) is 0 Å². The molecule has 0 spiro atoms. The lowest BCUT2D eigenvalue weighted by Crippen LogP contribution is -2.35. The topological polar surface area (TPSA) is 77.3 Å². The molecule has 0 atom stereocenters. The van der Waals surface area contributed by atoms with Crippen LogP contribution in [0.15, 0.2) is 23.1 Å². The van der Waals surface area contributed by atoms with Crippen LogP contribution in [0.4, 0.5) is 31.5 Å². The first kappa shape index (κ1) is 16.2. The monoisotopic (exact) mass is 323 g/mol. The molecular formula is C8H3F6NO4S. The first-order valence-corrected chi connectivity index (χ1v) is 5.85. The zero-order valence-electron chi connectivity index (χ0n) is 8.99. The molecule has 0 aliphatic carbocycles. The fourth-order valence-corrected chi connectivity index (χ4v) is 2.18. The van der Waals surface area contributed by atoms with Gasteiger partial charge < -0.3 is 0 Å². The minimum Gasteiger partial charge on any atom is -0.258 e. The summed E-state index contributed by atoms with van der Waals surface area (Å²) in [6, 6.07) is 0.636. The molecule has 0 heterocycles. The lowest BCUT2D eigenvalue weighted by atomic mass is 10.1. The van der Waals surface area contributed by atoms with Crippen molar-refractivity contribution < 1.29 is 39.2 Å². The number of hydrogen-bond donors (Lipinski definition) is 0. The Bertz CT molecular complexity index is 653. The molecule has 112 valence electrons. The number of benzene rings is 1. The number of nitro groups is 1. The Morgan fingerprint density at radius 3 is 1.95 bits per heavy atom. The number of halogens is 6. The highest BCUT2D eigenvalue weighted by Gasteiger charge is 2.61. The number of alkyl halides is 5. The average molecular weight is 323 g/mol. The van der Waals surface area contributed by atoms with Gasteiger partial charge in [0.1, 0.15) is 0 Å². The second-order valence-corrected chi connectivity index (χ2v) is 4.70. The molecule has 0 amide bonds. The van der Waals surface area contributed by atoms with Crippen molar-refractivity contribution >= 4 is 15.9 Å². The van der Waals surface area contributed by atoms with Gasteiger partial charge in [-0.25, -0.2) is 0 Å². The molecule has 0 unspecified atom stereocenters. The highest BCUT2D eigenvalue weighted by atomic mass is 32.3. The molecule has 1 aromatic carbocycles. The van der Waals surface area contributed by atoms with E-state index in [1.165, 1.54) is 0 Å². The van der Waals surface area contributed by atoms with Crippen LogP contribution in [0.1, 0.15) is 5.56 Å². The van der Waals surface area contributed by atoms with Crippen LogP contribution in [0.3, 0.4) is 0 Å². The second-order valence-electron chi connectivity index (χ2n) is 3.42. The second kappa shape index (κ2) is 4.61. The quantitative estimate of drug-likeness (QED) is 0.371. The van der Waals surface area contributed by atoms with Crippen LogP contribution in [-0.4, -0.2) is 19.5 Å². The van der Waals surface area contributed by atoms with Gasteiger partial charge in [-0.05, 0) is 0 Å². The minimum atomic E-state index is -6.25. The normalized spacial score (nSPS) is 13.3. The van der Waals surface area contributed by atoms with E-state index in [2.05, 4.69) is 0 Å². The van der Waals surface area contributed by atoms with Gasteiger partial charge in [0, 0.05) is 6.07 Å². The van der Waals surface area contributed by atoms with Crippen molar-refractivity contribution in [3.8, 4) is 0 Å². The van der Waals surface area contributed by atoms with Crippen molar-refractivity contribution in [3.63, 3.8) is 0 Å². The Balaban J connectivity index is 3.83. The van der Waals surface area contributed by atoms with Crippen LogP contribution >= 0.6 is 0 Å². The lowest BCUT2D eigenvalue weighted by molar-refractivity contribution is -0.388. The molecule has 20 heavy (non-hydrogen) atoms. The third-order valence-electron chi connectivity index (χ3n) is 2.13. The molecule has 0 bridgehead atoms. The summed E-state index contributed by atoms with van der Waals surface area (Å²) < 4.78 is 97.0. The first-order chi connectivity index (χ1) is 8.80. The summed E-state index contributed by atoms with van der Waals surface area (Å²) in [6.45, 7) is 0. The van der Waals surface area contributed by atoms with E-state index in [9.17, 15) is 44.4 Å². The van der Waals surface area contributed by atoms with E-state index in [1.807, 2.05) is 0 Å². The van der Waals surface area contributed by atoms with E-state index in [0.29, 0.717) is 12.1 Å². The Labute approximate surface area is 107 Å². The van der Waals surface area contributed by atoms with E-state index in [1.54, 1.807) is 0 Å². The third-order valence-corrected chi connectivity index (χ3v) is 3.05. The Hall–Kier alpha value is -1.85. The van der Waals surface area contributed by atoms with E-state index in [-0.39, 0.29) is 6.07 Å². The maximum atomic E-state index is 13.1. The fraction of sp³-hybridized carbons (Fsp3) is 0.250. The molecule has 12 heteroatoms. The van der Waals surface area contributed by atoms with E-state index in [0.717, 1.165) is 0 Å². The van der Waals surface area contributed by atoms with Crippen molar-refractivity contribution in [3.05, 3.63) is 33.9 Å². The Morgan fingerprint density at radius 2 is 1.60 bits per heavy atom. The SMILES string of the molecule is O=[N+]([O-])c1cccc(C(F)(F)C(F)(F)F)c1S(=O)(=O)F. The molecule has 0 aliphatic heterocycles. The molecule has 0 fully saturated rings. The average Bonchev–Trinajstić information content (AvgIpc) is 2.25. The molecule has 0 aromatic heterocycles. The summed E-state index contributed by atoms with van der Waals surface area (Å²) >= 11 is 0. The third kappa shape index (κ3) is 2.69. The fourth-order valence-electron chi connectivity index (χ4n) is 1.32. The van der Waals surface area contributed by atoms with Gasteiger partial charge in [0.15, 0.2) is 4.90 Å². The molecule has 5 nitrogen and oxygen atoms in total. The van der Waals surface area contributed by atoms with Gasteiger partial charge in [-0.3, -0.25) is 10.1 Å². The van der Waals surface area contributed by atoms with Crippen molar-refractivity contribution in [2.75, 3.05) is 0 Å². The van der Waals surface area contributed by atoms with Crippen LogP contribution in [0.25, 0.3) is 0 Å². The number of nitrogens with zero attached hydrogens (tertiary/aromatic N) is 1. The van der Waals surface area contributed by atoms with Gasteiger partial charge in [0.25, 0.3) is 5.69 Å². The van der Waals surface area contributed by atoms with Gasteiger partial charge in [0.2, 0.25) is 0 Å². The minimum absolute atomic E-state index is 0.0487. The molecule has 0 radical (unpaired) electrons. The van der Waals surface area contributed by atoms with Crippen LogP contribution in [0.5, 0.6) is 0 Å². The van der Waals surface area contributed by atoms with Gasteiger partial charge >= 0.3 is 22.3 Å². The number of nitro benzene ring substituents is 1. The van der Waals surface area contributed by atoms with Gasteiger partial charge in [-0.1, -0.05) is 12.1 Å². The molecule has 0 saturated heterocycles. The summed E-state index contributed by atoms with van der Waals surface area (Å²) in [5.41, 5.74) is -4.06. The van der Waals surface area contributed by atoms with Crippen LogP contribution in [0, 0.1) is 10.1 Å². The van der Waals surface area contributed by atoms with Gasteiger partial charge in [-0.15, -0.1) is 3.89 Å². The van der Waals surface area contributed by atoms with Crippen molar-refractivity contribution in [1.29, 1.82) is 0 Å². The maximum absolute atomic E-state index is 13.1. The summed E-state index contributed by atoms with van der Waals surface area (Å²) in [6.07, 6.45) is -6.25. The molecule has 0 N–H and O–H groups in total. The predicted molar refractivity (Wildman–Crippen MR) is 51.3 cm³/mol. The zero-order valence-corrected chi connectivity index (χ0v) is 9.80. The van der Waals surface area contributed by atoms with E-state index >= 15 is 0 Å². The molecule has 1 rings (SSSR count). The largest absolute Gasteiger partial charge is 0.458 e. The number of rotatable bonds is 3. The van der Waals surface area contributed by atoms with Crippen LogP contribution in [0.2, 0.25) is 0 Å². The van der Waals surface area contributed by atoms with E-state index in [4.69, 9.17) is 0 Å². The summed E-state index contributed by atoms with van der Waals surface area (Å²) in [4.78, 5) is 6.55. The molecule has 0 saturated carbocycles. The smallest absolute Gasteiger partial charge is 0.258 e. The van der Waals surface area contributed by atoms with Gasteiger partial charge in [-0.2, -0.15) is 30.4 Å². The Morgan fingerprint density at radius 1 is 1.10 bits per heavy atom. The summed E-state index contributed by atoms with van der Waals surface area (Å²) in [5.74, 6) is -5.77. The van der Waals surface area contributed by atoms with E-state index < -0.39 is 43.4 Å². The standard InChI is InChI=1S/C8H3F6NO4S/c9-7(10,8(11,12)13)4-2-1-3-5(15(16)17)6(4)20(14,18)19/h1-3H. The highest BCUT2D eigenvalue weighted by molar-refractivity contribution is 7.86.